The number of aromatic nitrogens is 3. The molecular weight excluding hydrogens is 342 g/mol. The number of aromatic amines is 1. The second-order valence-electron chi connectivity index (χ2n) is 6.42. The van der Waals surface area contributed by atoms with E-state index in [4.69, 9.17) is 15.6 Å². The minimum atomic E-state index is 0.266. The van der Waals surface area contributed by atoms with Crippen LogP contribution in [0, 0.1) is 10.8 Å². The molecule has 1 saturated heterocycles. The maximum atomic E-state index is 8.22. The van der Waals surface area contributed by atoms with E-state index in [1.165, 1.54) is 4.90 Å². The lowest BCUT2D eigenvalue weighted by atomic mass is 10.1. The van der Waals surface area contributed by atoms with Crippen molar-refractivity contribution in [1.82, 2.24) is 20.1 Å². The quantitative estimate of drug-likeness (QED) is 0.487. The van der Waals surface area contributed by atoms with Crippen molar-refractivity contribution in [2.24, 2.45) is 0 Å². The Morgan fingerprint density at radius 1 is 1.26 bits per heavy atom. The van der Waals surface area contributed by atoms with E-state index >= 15 is 0 Å². The summed E-state index contributed by atoms with van der Waals surface area (Å²) >= 11 is 0. The third-order valence-electron chi connectivity index (χ3n) is 4.74. The van der Waals surface area contributed by atoms with E-state index < -0.39 is 0 Å². The van der Waals surface area contributed by atoms with E-state index in [-0.39, 0.29) is 5.84 Å². The zero-order chi connectivity index (χ0) is 18.8. The number of hydrogen-bond donors (Lipinski definition) is 3. The third-order valence-corrected chi connectivity index (χ3v) is 4.74. The van der Waals surface area contributed by atoms with Crippen molar-refractivity contribution >= 4 is 28.9 Å². The summed E-state index contributed by atoms with van der Waals surface area (Å²) in [5.74, 6) is 1.18. The number of rotatable bonds is 4. The Morgan fingerprint density at radius 2 is 2.07 bits per heavy atom. The summed E-state index contributed by atoms with van der Waals surface area (Å²) in [7, 11) is 1.69. The summed E-state index contributed by atoms with van der Waals surface area (Å²) in [5.41, 5.74) is 3.44. The van der Waals surface area contributed by atoms with Crippen LogP contribution in [0.2, 0.25) is 0 Å². The summed E-state index contributed by atoms with van der Waals surface area (Å²) in [4.78, 5) is 8.17. The SMILES string of the molecule is CN(C=N)C(=N)c1ccc2[nH]nc(-c3ccnc(N4CCOCC4)c3)c2c1. The molecule has 0 unspecified atom stereocenters. The molecule has 0 aliphatic carbocycles. The van der Waals surface area contributed by atoms with Gasteiger partial charge in [-0.15, -0.1) is 0 Å². The fraction of sp³-hybridized carbons (Fsp3) is 0.263. The average molecular weight is 363 g/mol. The molecule has 2 aromatic heterocycles. The van der Waals surface area contributed by atoms with E-state index in [0.29, 0.717) is 13.2 Å². The molecule has 0 spiro atoms. The fourth-order valence-electron chi connectivity index (χ4n) is 3.18. The minimum Gasteiger partial charge on any atom is -0.378 e. The predicted octanol–water partition coefficient (Wildman–Crippen LogP) is 2.33. The van der Waals surface area contributed by atoms with Crippen LogP contribution in [0.1, 0.15) is 5.56 Å². The van der Waals surface area contributed by atoms with Gasteiger partial charge in [0.05, 0.1) is 25.1 Å². The van der Waals surface area contributed by atoms with Crippen molar-refractivity contribution < 1.29 is 4.74 Å². The predicted molar refractivity (Wildman–Crippen MR) is 106 cm³/mol. The van der Waals surface area contributed by atoms with Crippen LogP contribution >= 0.6 is 0 Å². The highest BCUT2D eigenvalue weighted by Gasteiger charge is 2.16. The lowest BCUT2D eigenvalue weighted by Crippen LogP contribution is -2.36. The number of anilines is 1. The molecule has 0 saturated carbocycles. The van der Waals surface area contributed by atoms with Crippen molar-refractivity contribution in [3.63, 3.8) is 0 Å². The number of fused-ring (bicyclic) bond motifs is 1. The Labute approximate surface area is 156 Å². The van der Waals surface area contributed by atoms with Crippen molar-refractivity contribution in [2.75, 3.05) is 38.3 Å². The molecule has 8 nitrogen and oxygen atoms in total. The van der Waals surface area contributed by atoms with E-state index in [2.05, 4.69) is 20.1 Å². The van der Waals surface area contributed by atoms with Crippen molar-refractivity contribution in [2.45, 2.75) is 0 Å². The maximum Gasteiger partial charge on any atom is 0.133 e. The summed E-state index contributed by atoms with van der Waals surface area (Å²) in [6.45, 7) is 3.08. The van der Waals surface area contributed by atoms with Crippen LogP contribution in [0.4, 0.5) is 5.82 Å². The van der Waals surface area contributed by atoms with Gasteiger partial charge in [-0.05, 0) is 30.3 Å². The van der Waals surface area contributed by atoms with Gasteiger partial charge in [0.2, 0.25) is 0 Å². The van der Waals surface area contributed by atoms with Gasteiger partial charge in [0.25, 0.3) is 0 Å². The Morgan fingerprint density at radius 3 is 2.85 bits per heavy atom. The molecule has 1 aliphatic rings. The Kier molecular flexibility index (Phi) is 4.55. The normalized spacial score (nSPS) is 14.3. The van der Waals surface area contributed by atoms with Crippen LogP contribution < -0.4 is 4.90 Å². The maximum absolute atomic E-state index is 8.22. The molecular formula is C19H21N7O. The highest BCUT2D eigenvalue weighted by Crippen LogP contribution is 2.29. The highest BCUT2D eigenvalue weighted by molar-refractivity contribution is 6.05. The lowest BCUT2D eigenvalue weighted by molar-refractivity contribution is 0.122. The number of nitrogens with zero attached hydrogens (tertiary/aromatic N) is 4. The molecule has 3 N–H and O–H groups in total. The van der Waals surface area contributed by atoms with E-state index in [1.54, 1.807) is 13.2 Å². The summed E-state index contributed by atoms with van der Waals surface area (Å²) in [5, 5.41) is 24.1. The first-order valence-electron chi connectivity index (χ1n) is 8.77. The number of nitrogens with one attached hydrogen (secondary N) is 3. The number of benzene rings is 1. The Hall–Kier alpha value is -3.26. The van der Waals surface area contributed by atoms with Crippen LogP contribution in [0.25, 0.3) is 22.2 Å². The molecule has 3 aromatic rings. The van der Waals surface area contributed by atoms with Crippen LogP contribution in [0.5, 0.6) is 0 Å². The summed E-state index contributed by atoms with van der Waals surface area (Å²) in [6, 6.07) is 9.70. The molecule has 138 valence electrons. The van der Waals surface area contributed by atoms with E-state index in [9.17, 15) is 0 Å². The highest BCUT2D eigenvalue weighted by atomic mass is 16.5. The Balaban J connectivity index is 1.73. The second-order valence-corrected chi connectivity index (χ2v) is 6.42. The number of pyridine rings is 1. The van der Waals surface area contributed by atoms with Gasteiger partial charge < -0.3 is 14.5 Å². The van der Waals surface area contributed by atoms with Gasteiger partial charge in [0, 0.05) is 42.8 Å². The fourth-order valence-corrected chi connectivity index (χ4v) is 3.18. The first kappa shape index (κ1) is 17.2. The molecule has 1 fully saturated rings. The molecule has 0 atom stereocenters. The first-order chi connectivity index (χ1) is 13.2. The van der Waals surface area contributed by atoms with Gasteiger partial charge in [-0.25, -0.2) is 4.98 Å². The van der Waals surface area contributed by atoms with Crippen molar-refractivity contribution in [3.05, 3.63) is 42.1 Å². The van der Waals surface area contributed by atoms with Crippen LogP contribution in [0.3, 0.4) is 0 Å². The van der Waals surface area contributed by atoms with Gasteiger partial charge in [0.1, 0.15) is 17.3 Å². The van der Waals surface area contributed by atoms with Gasteiger partial charge in [0.15, 0.2) is 0 Å². The first-order valence-corrected chi connectivity index (χ1v) is 8.77. The number of hydrogen-bond acceptors (Lipinski definition) is 6. The van der Waals surface area contributed by atoms with Crippen LogP contribution in [0.15, 0.2) is 36.5 Å². The van der Waals surface area contributed by atoms with Gasteiger partial charge in [-0.3, -0.25) is 15.9 Å². The molecule has 27 heavy (non-hydrogen) atoms. The lowest BCUT2D eigenvalue weighted by Gasteiger charge is -2.27. The summed E-state index contributed by atoms with van der Waals surface area (Å²) < 4.78 is 5.42. The third kappa shape index (κ3) is 3.26. The minimum absolute atomic E-state index is 0.266. The van der Waals surface area contributed by atoms with Gasteiger partial charge >= 0.3 is 0 Å². The standard InChI is InChI=1S/C19H21N7O/c1-25(12-20)19(21)14-2-3-16-15(10-14)18(24-23-16)13-4-5-22-17(11-13)26-6-8-27-9-7-26/h2-5,10-12,20-21H,6-9H2,1H3,(H,23,24). The zero-order valence-electron chi connectivity index (χ0n) is 15.1. The molecule has 4 rings (SSSR count). The number of morpholine rings is 1. The molecule has 3 heterocycles. The Bertz CT molecular complexity index is 991. The van der Waals surface area contributed by atoms with Gasteiger partial charge in [-0.1, -0.05) is 0 Å². The van der Waals surface area contributed by atoms with Crippen molar-refractivity contribution in [1.29, 1.82) is 10.8 Å². The number of amidine groups is 1. The van der Waals surface area contributed by atoms with E-state index in [0.717, 1.165) is 53.0 Å². The zero-order valence-corrected chi connectivity index (χ0v) is 15.1. The molecule has 0 radical (unpaired) electrons. The topological polar surface area (TPSA) is 105 Å². The smallest absolute Gasteiger partial charge is 0.133 e. The summed E-state index contributed by atoms with van der Waals surface area (Å²) in [6.07, 6.45) is 2.93. The van der Waals surface area contributed by atoms with Crippen molar-refractivity contribution in [3.8, 4) is 11.3 Å². The average Bonchev–Trinajstić information content (AvgIpc) is 3.16. The largest absolute Gasteiger partial charge is 0.378 e. The monoisotopic (exact) mass is 363 g/mol. The molecule has 0 bridgehead atoms. The second kappa shape index (κ2) is 7.16. The molecule has 0 amide bonds. The van der Waals surface area contributed by atoms with Crippen LogP contribution in [-0.2, 0) is 4.74 Å². The van der Waals surface area contributed by atoms with Crippen LogP contribution in [-0.4, -0.2) is 65.6 Å². The van der Waals surface area contributed by atoms with Gasteiger partial charge in [-0.2, -0.15) is 5.10 Å². The molecule has 1 aliphatic heterocycles. The number of H-pyrrole nitrogens is 1. The molecule has 1 aromatic carbocycles. The number of ether oxygens (including phenoxy) is 1. The van der Waals surface area contributed by atoms with E-state index in [1.807, 2.05) is 30.3 Å². The molecule has 8 heteroatoms.